The van der Waals surface area contributed by atoms with Gasteiger partial charge in [0, 0.05) is 5.56 Å². The van der Waals surface area contributed by atoms with Gasteiger partial charge >= 0.3 is 5.97 Å². The molecule has 0 aliphatic heterocycles. The number of rotatable bonds is 4. The van der Waals surface area contributed by atoms with Crippen LogP contribution < -0.4 is 11.5 Å². The van der Waals surface area contributed by atoms with Gasteiger partial charge in [-0.3, -0.25) is 0 Å². The molecule has 0 fully saturated rings. The van der Waals surface area contributed by atoms with E-state index in [-0.39, 0.29) is 24.3 Å². The number of nitrogen functional groups attached to an aromatic ring is 2. The number of aromatic nitrogens is 4. The third kappa shape index (κ3) is 3.53. The first-order valence-electron chi connectivity index (χ1n) is 7.98. The average Bonchev–Trinajstić information content (AvgIpc) is 3.09. The van der Waals surface area contributed by atoms with Crippen LogP contribution in [-0.2, 0) is 11.3 Å². The third-order valence-corrected chi connectivity index (χ3v) is 4.79. The van der Waals surface area contributed by atoms with Gasteiger partial charge in [0.15, 0.2) is 12.4 Å². The minimum Gasteiger partial charge on any atom is -0.454 e. The van der Waals surface area contributed by atoms with Gasteiger partial charge in [-0.25, -0.2) is 9.78 Å². The monoisotopic (exact) mass is 378 g/mol. The van der Waals surface area contributed by atoms with E-state index in [0.29, 0.717) is 11.1 Å². The van der Waals surface area contributed by atoms with Crippen molar-refractivity contribution in [2.75, 3.05) is 11.5 Å². The van der Waals surface area contributed by atoms with Gasteiger partial charge in [0.05, 0.1) is 15.8 Å². The molecule has 0 saturated carbocycles. The zero-order chi connectivity index (χ0) is 18.8. The summed E-state index contributed by atoms with van der Waals surface area (Å²) >= 11 is 1.52. The molecule has 0 aliphatic rings. The highest BCUT2D eigenvalue weighted by Crippen LogP contribution is 2.32. The summed E-state index contributed by atoms with van der Waals surface area (Å²) in [6.07, 6.45) is 0. The average molecular weight is 378 g/mol. The molecule has 0 unspecified atom stereocenters. The van der Waals surface area contributed by atoms with Gasteiger partial charge in [-0.15, -0.1) is 11.3 Å². The predicted molar refractivity (Wildman–Crippen MR) is 103 cm³/mol. The van der Waals surface area contributed by atoms with Gasteiger partial charge in [0.1, 0.15) is 5.01 Å². The van der Waals surface area contributed by atoms with E-state index in [0.717, 1.165) is 15.2 Å². The van der Waals surface area contributed by atoms with E-state index in [2.05, 4.69) is 19.9 Å². The first-order valence-corrected chi connectivity index (χ1v) is 8.80. The molecule has 0 aliphatic carbocycles. The largest absolute Gasteiger partial charge is 0.454 e. The van der Waals surface area contributed by atoms with E-state index in [9.17, 15) is 4.79 Å². The molecular formula is C18H14N6O2S. The minimum absolute atomic E-state index is 0.0246. The first-order chi connectivity index (χ1) is 13.1. The maximum absolute atomic E-state index is 12.6. The zero-order valence-corrected chi connectivity index (χ0v) is 14.8. The van der Waals surface area contributed by atoms with Crippen molar-refractivity contribution in [1.82, 2.24) is 19.9 Å². The number of carbonyl (C=O) groups is 1. The molecule has 0 amide bonds. The number of hydrogen-bond donors (Lipinski definition) is 2. The Hall–Kier alpha value is -3.59. The second-order valence-corrected chi connectivity index (χ2v) is 6.61. The van der Waals surface area contributed by atoms with Crippen LogP contribution in [-0.4, -0.2) is 25.9 Å². The van der Waals surface area contributed by atoms with Gasteiger partial charge in [-0.2, -0.15) is 15.0 Å². The molecule has 0 saturated heterocycles. The topological polar surface area (TPSA) is 130 Å². The van der Waals surface area contributed by atoms with Crippen LogP contribution in [0, 0.1) is 0 Å². The van der Waals surface area contributed by atoms with Crippen LogP contribution in [0.5, 0.6) is 0 Å². The van der Waals surface area contributed by atoms with Crippen LogP contribution in [0.25, 0.3) is 20.8 Å². The molecule has 0 radical (unpaired) electrons. The van der Waals surface area contributed by atoms with E-state index >= 15 is 0 Å². The number of esters is 1. The lowest BCUT2D eigenvalue weighted by atomic mass is 10.1. The molecule has 4 rings (SSSR count). The molecule has 27 heavy (non-hydrogen) atoms. The number of carbonyl (C=O) groups excluding carboxylic acids is 1. The van der Waals surface area contributed by atoms with Crippen LogP contribution >= 0.6 is 11.3 Å². The smallest absolute Gasteiger partial charge is 0.339 e. The number of benzene rings is 2. The van der Waals surface area contributed by atoms with Gasteiger partial charge in [-0.1, -0.05) is 30.3 Å². The second-order valence-electron chi connectivity index (χ2n) is 5.58. The Labute approximate surface area is 157 Å². The number of anilines is 2. The number of nitrogens with zero attached hydrogens (tertiary/aromatic N) is 4. The van der Waals surface area contributed by atoms with E-state index < -0.39 is 5.97 Å². The highest BCUT2D eigenvalue weighted by molar-refractivity contribution is 7.21. The Morgan fingerprint density at radius 2 is 1.63 bits per heavy atom. The summed E-state index contributed by atoms with van der Waals surface area (Å²) in [4.78, 5) is 28.7. The van der Waals surface area contributed by atoms with Crippen LogP contribution in [0.2, 0.25) is 0 Å². The van der Waals surface area contributed by atoms with Crippen LogP contribution in [0.3, 0.4) is 0 Å². The SMILES string of the molecule is Nc1nc(N)nc(COC(=O)c2ccccc2-c2nc3ccccc3s2)n1. The maximum Gasteiger partial charge on any atom is 0.339 e. The summed E-state index contributed by atoms with van der Waals surface area (Å²) in [5, 5.41) is 0.748. The standard InChI is InChI=1S/C18H14N6O2S/c19-17-22-14(23-18(20)24-17)9-26-16(25)11-6-2-1-5-10(11)15-21-12-7-3-4-8-13(12)27-15/h1-8H,9H2,(H4,19,20,22,23,24). The van der Waals surface area contributed by atoms with Gasteiger partial charge in [-0.05, 0) is 18.2 Å². The van der Waals surface area contributed by atoms with Crippen LogP contribution in [0.4, 0.5) is 11.9 Å². The quantitative estimate of drug-likeness (QED) is 0.518. The summed E-state index contributed by atoms with van der Waals surface area (Å²) in [6.45, 7) is -0.163. The highest BCUT2D eigenvalue weighted by Gasteiger charge is 2.17. The van der Waals surface area contributed by atoms with Gasteiger partial charge < -0.3 is 16.2 Å². The minimum atomic E-state index is -0.512. The summed E-state index contributed by atoms with van der Waals surface area (Å²) < 4.78 is 6.38. The molecule has 2 heterocycles. The zero-order valence-electron chi connectivity index (χ0n) is 14.0. The molecule has 2 aromatic carbocycles. The van der Waals surface area contributed by atoms with E-state index in [1.54, 1.807) is 12.1 Å². The Bertz CT molecular complexity index is 1090. The lowest BCUT2D eigenvalue weighted by Crippen LogP contribution is -2.11. The molecule has 0 spiro atoms. The van der Waals surface area contributed by atoms with Crippen molar-refractivity contribution in [1.29, 1.82) is 0 Å². The van der Waals surface area contributed by atoms with Gasteiger partial charge in [0.2, 0.25) is 11.9 Å². The van der Waals surface area contributed by atoms with Gasteiger partial charge in [0.25, 0.3) is 0 Å². The molecule has 0 atom stereocenters. The van der Waals surface area contributed by atoms with Crippen molar-refractivity contribution >= 4 is 39.4 Å². The predicted octanol–water partition coefficient (Wildman–Crippen LogP) is 2.67. The van der Waals surface area contributed by atoms with Crippen molar-refractivity contribution in [2.45, 2.75) is 6.61 Å². The highest BCUT2D eigenvalue weighted by atomic mass is 32.1. The number of thiazole rings is 1. The Morgan fingerprint density at radius 1 is 0.926 bits per heavy atom. The second kappa shape index (κ2) is 6.96. The third-order valence-electron chi connectivity index (χ3n) is 3.72. The lowest BCUT2D eigenvalue weighted by Gasteiger charge is -2.08. The fourth-order valence-electron chi connectivity index (χ4n) is 2.56. The molecule has 134 valence electrons. The number of para-hydroxylation sites is 1. The van der Waals surface area contributed by atoms with Crippen molar-refractivity contribution in [3.63, 3.8) is 0 Å². The molecule has 9 heteroatoms. The Morgan fingerprint density at radius 3 is 2.41 bits per heavy atom. The van der Waals surface area contributed by atoms with Crippen molar-refractivity contribution in [2.24, 2.45) is 0 Å². The molecule has 8 nitrogen and oxygen atoms in total. The summed E-state index contributed by atoms with van der Waals surface area (Å²) in [7, 11) is 0. The Balaban J connectivity index is 1.61. The van der Waals surface area contributed by atoms with E-state index in [1.807, 2.05) is 36.4 Å². The normalized spacial score (nSPS) is 10.8. The fraction of sp³-hybridized carbons (Fsp3) is 0.0556. The molecular weight excluding hydrogens is 364 g/mol. The van der Waals surface area contributed by atoms with Crippen molar-refractivity contribution < 1.29 is 9.53 Å². The molecule has 2 aromatic heterocycles. The first kappa shape index (κ1) is 16.9. The summed E-state index contributed by atoms with van der Waals surface area (Å²) in [6, 6.07) is 15.0. The lowest BCUT2D eigenvalue weighted by molar-refractivity contribution is 0.0463. The fourth-order valence-corrected chi connectivity index (χ4v) is 3.57. The molecule has 0 bridgehead atoms. The number of nitrogens with two attached hydrogens (primary N) is 2. The van der Waals surface area contributed by atoms with Crippen molar-refractivity contribution in [3.8, 4) is 10.6 Å². The maximum atomic E-state index is 12.6. The number of ether oxygens (including phenoxy) is 1. The van der Waals surface area contributed by atoms with E-state index in [1.165, 1.54) is 11.3 Å². The molecule has 4 N–H and O–H groups in total. The van der Waals surface area contributed by atoms with Crippen LogP contribution in [0.15, 0.2) is 48.5 Å². The Kier molecular flexibility index (Phi) is 4.35. The summed E-state index contributed by atoms with van der Waals surface area (Å²) in [5.74, 6) is -0.375. The molecule has 4 aromatic rings. The van der Waals surface area contributed by atoms with Crippen molar-refractivity contribution in [3.05, 3.63) is 59.9 Å². The number of hydrogen-bond acceptors (Lipinski definition) is 9. The summed E-state index contributed by atoms with van der Waals surface area (Å²) in [5.41, 5.74) is 13.1. The van der Waals surface area contributed by atoms with E-state index in [4.69, 9.17) is 16.2 Å². The van der Waals surface area contributed by atoms with Crippen LogP contribution in [0.1, 0.15) is 16.2 Å². The number of fused-ring (bicyclic) bond motifs is 1.